The lowest BCUT2D eigenvalue weighted by Crippen LogP contribution is -2.35. The summed E-state index contributed by atoms with van der Waals surface area (Å²) in [4.78, 5) is 12.8. The van der Waals surface area contributed by atoms with Crippen molar-refractivity contribution in [3.63, 3.8) is 0 Å². The Balaban J connectivity index is 1.27. The van der Waals surface area contributed by atoms with Gasteiger partial charge in [0.25, 0.3) is 5.22 Å². The molecule has 2 aliphatic rings. The van der Waals surface area contributed by atoms with Crippen LogP contribution < -0.4 is 0 Å². The number of benzene rings is 2. The fraction of sp³-hybridized carbons (Fsp3) is 0.375. The van der Waals surface area contributed by atoms with E-state index >= 15 is 0 Å². The molecule has 7 nitrogen and oxygen atoms in total. The number of aromatic nitrogens is 2. The maximum absolute atomic E-state index is 13.0. The van der Waals surface area contributed by atoms with E-state index in [-0.39, 0.29) is 27.5 Å². The molecule has 1 aliphatic heterocycles. The highest BCUT2D eigenvalue weighted by Crippen LogP contribution is 2.28. The molecule has 0 spiro atoms. The number of aryl methyl sites for hydroxylation is 2. The van der Waals surface area contributed by atoms with Crippen LogP contribution in [0.3, 0.4) is 0 Å². The molecule has 0 unspecified atom stereocenters. The van der Waals surface area contributed by atoms with Gasteiger partial charge >= 0.3 is 0 Å². The van der Waals surface area contributed by atoms with Crippen LogP contribution in [0.15, 0.2) is 57.0 Å². The molecule has 0 saturated carbocycles. The van der Waals surface area contributed by atoms with E-state index in [0.29, 0.717) is 24.2 Å². The zero-order chi connectivity index (χ0) is 22.8. The number of rotatable bonds is 7. The molecule has 1 aromatic heterocycles. The number of nitrogens with zero attached hydrogens (tertiary/aromatic N) is 3. The average Bonchev–Trinajstić information content (AvgIpc) is 3.52. The highest BCUT2D eigenvalue weighted by atomic mass is 32.2. The van der Waals surface area contributed by atoms with Crippen LogP contribution in [0.5, 0.6) is 0 Å². The summed E-state index contributed by atoms with van der Waals surface area (Å²) < 4.78 is 33.2. The molecule has 0 radical (unpaired) electrons. The van der Waals surface area contributed by atoms with Crippen molar-refractivity contribution in [2.45, 2.75) is 48.6 Å². The van der Waals surface area contributed by atoms with Gasteiger partial charge in [0.05, 0.1) is 10.6 Å². The highest BCUT2D eigenvalue weighted by Gasteiger charge is 2.26. The monoisotopic (exact) mass is 483 g/mol. The SMILES string of the molecule is O=C(CSc1nnc(-c2cccc(S(=O)(=O)N3CCCCC3)c2)o1)c1ccc2c(c1)CCC2. The van der Waals surface area contributed by atoms with Crippen LogP contribution in [-0.2, 0) is 22.9 Å². The molecule has 33 heavy (non-hydrogen) atoms. The van der Waals surface area contributed by atoms with Gasteiger partial charge in [0.2, 0.25) is 15.9 Å². The maximum atomic E-state index is 13.0. The van der Waals surface area contributed by atoms with Crippen molar-refractivity contribution in [2.24, 2.45) is 0 Å². The summed E-state index contributed by atoms with van der Waals surface area (Å²) in [5.41, 5.74) is 3.85. The molecule has 9 heteroatoms. The number of hydrogen-bond acceptors (Lipinski definition) is 7. The van der Waals surface area contributed by atoms with Crippen LogP contribution in [0.4, 0.5) is 0 Å². The molecule has 2 aromatic carbocycles. The second-order valence-corrected chi connectivity index (χ2v) is 11.3. The molecule has 3 aromatic rings. The Morgan fingerprint density at radius 3 is 2.64 bits per heavy atom. The Morgan fingerprint density at radius 2 is 1.79 bits per heavy atom. The second-order valence-electron chi connectivity index (χ2n) is 8.41. The molecule has 0 bridgehead atoms. The lowest BCUT2D eigenvalue weighted by molar-refractivity contribution is 0.102. The van der Waals surface area contributed by atoms with Crippen LogP contribution in [0.25, 0.3) is 11.5 Å². The summed E-state index contributed by atoms with van der Waals surface area (Å²) in [5, 5.41) is 8.38. The van der Waals surface area contributed by atoms with Gasteiger partial charge in [-0.25, -0.2) is 8.42 Å². The number of carbonyl (C=O) groups is 1. The smallest absolute Gasteiger partial charge is 0.277 e. The largest absolute Gasteiger partial charge is 0.411 e. The number of piperidine rings is 1. The van der Waals surface area contributed by atoms with E-state index in [1.165, 1.54) is 27.2 Å². The Kier molecular flexibility index (Phi) is 6.36. The zero-order valence-electron chi connectivity index (χ0n) is 18.2. The average molecular weight is 484 g/mol. The fourth-order valence-electron chi connectivity index (χ4n) is 4.38. The molecule has 1 fully saturated rings. The lowest BCUT2D eigenvalue weighted by Gasteiger charge is -2.25. The number of Topliss-reactive ketones (excluding diaryl/α,β-unsaturated/α-hetero) is 1. The second kappa shape index (κ2) is 9.40. The zero-order valence-corrected chi connectivity index (χ0v) is 19.8. The fourth-order valence-corrected chi connectivity index (χ4v) is 6.61. The first-order valence-electron chi connectivity index (χ1n) is 11.2. The summed E-state index contributed by atoms with van der Waals surface area (Å²) in [6, 6.07) is 12.5. The Hall–Kier alpha value is -2.49. The van der Waals surface area contributed by atoms with Crippen molar-refractivity contribution in [3.05, 3.63) is 59.2 Å². The van der Waals surface area contributed by atoms with Gasteiger partial charge in [0, 0.05) is 24.2 Å². The molecular weight excluding hydrogens is 458 g/mol. The van der Waals surface area contributed by atoms with E-state index in [4.69, 9.17) is 4.42 Å². The molecule has 0 amide bonds. The van der Waals surface area contributed by atoms with E-state index in [1.807, 2.05) is 12.1 Å². The summed E-state index contributed by atoms with van der Waals surface area (Å²) in [6.45, 7) is 1.10. The van der Waals surface area contributed by atoms with Gasteiger partial charge in [0.15, 0.2) is 5.78 Å². The van der Waals surface area contributed by atoms with Gasteiger partial charge in [0.1, 0.15) is 0 Å². The first-order valence-corrected chi connectivity index (χ1v) is 13.7. The molecule has 1 saturated heterocycles. The van der Waals surface area contributed by atoms with Crippen molar-refractivity contribution >= 4 is 27.6 Å². The molecule has 1 aliphatic carbocycles. The number of hydrogen-bond donors (Lipinski definition) is 0. The molecule has 0 atom stereocenters. The van der Waals surface area contributed by atoms with Crippen molar-refractivity contribution < 1.29 is 17.6 Å². The molecular formula is C24H25N3O4S2. The van der Waals surface area contributed by atoms with E-state index in [1.54, 1.807) is 24.3 Å². The van der Waals surface area contributed by atoms with Crippen molar-refractivity contribution in [3.8, 4) is 11.5 Å². The molecule has 172 valence electrons. The van der Waals surface area contributed by atoms with E-state index < -0.39 is 10.0 Å². The van der Waals surface area contributed by atoms with Crippen LogP contribution in [0.1, 0.15) is 47.2 Å². The third kappa shape index (κ3) is 4.76. The van der Waals surface area contributed by atoms with Gasteiger partial charge in [-0.2, -0.15) is 4.31 Å². The number of carbonyl (C=O) groups excluding carboxylic acids is 1. The summed E-state index contributed by atoms with van der Waals surface area (Å²) in [6.07, 6.45) is 6.09. The minimum atomic E-state index is -3.55. The highest BCUT2D eigenvalue weighted by molar-refractivity contribution is 7.99. The third-order valence-corrected chi connectivity index (χ3v) is 8.90. The number of thioether (sulfide) groups is 1. The Labute approximate surface area is 197 Å². The standard InChI is InChI=1S/C24H25N3O4S2/c28-22(19-11-10-17-6-4-7-18(17)14-19)16-32-24-26-25-23(31-24)20-8-5-9-21(15-20)33(29,30)27-12-2-1-3-13-27/h5,8-11,14-15H,1-4,6-7,12-13,16H2. The summed E-state index contributed by atoms with van der Waals surface area (Å²) in [7, 11) is -3.55. The van der Waals surface area contributed by atoms with E-state index in [0.717, 1.165) is 38.5 Å². The van der Waals surface area contributed by atoms with Gasteiger partial charge < -0.3 is 4.42 Å². The van der Waals surface area contributed by atoms with Crippen LogP contribution in [0.2, 0.25) is 0 Å². The van der Waals surface area contributed by atoms with Crippen molar-refractivity contribution in [1.29, 1.82) is 0 Å². The van der Waals surface area contributed by atoms with E-state index in [9.17, 15) is 13.2 Å². The Bertz CT molecular complexity index is 1280. The van der Waals surface area contributed by atoms with Crippen LogP contribution >= 0.6 is 11.8 Å². The number of sulfonamides is 1. The number of ketones is 1. The van der Waals surface area contributed by atoms with Gasteiger partial charge in [-0.3, -0.25) is 4.79 Å². The first kappa shape index (κ1) is 22.3. The van der Waals surface area contributed by atoms with Gasteiger partial charge in [-0.15, -0.1) is 10.2 Å². The molecule has 5 rings (SSSR count). The van der Waals surface area contributed by atoms with Crippen LogP contribution in [-0.4, -0.2) is 47.5 Å². The lowest BCUT2D eigenvalue weighted by atomic mass is 10.0. The van der Waals surface area contributed by atoms with Crippen LogP contribution in [0, 0.1) is 0 Å². The molecule has 2 heterocycles. The Morgan fingerprint density at radius 1 is 0.970 bits per heavy atom. The minimum absolute atomic E-state index is 0.0177. The maximum Gasteiger partial charge on any atom is 0.277 e. The minimum Gasteiger partial charge on any atom is -0.411 e. The predicted octanol–water partition coefficient (Wildman–Crippen LogP) is 4.37. The van der Waals surface area contributed by atoms with E-state index in [2.05, 4.69) is 16.3 Å². The predicted molar refractivity (Wildman–Crippen MR) is 126 cm³/mol. The van der Waals surface area contributed by atoms with Gasteiger partial charge in [-0.05, 0) is 67.5 Å². The quantitative estimate of drug-likeness (QED) is 0.364. The van der Waals surface area contributed by atoms with Crippen molar-refractivity contribution in [2.75, 3.05) is 18.8 Å². The first-order chi connectivity index (χ1) is 16.0. The third-order valence-electron chi connectivity index (χ3n) is 6.19. The summed E-state index contributed by atoms with van der Waals surface area (Å²) >= 11 is 1.19. The normalized spacial score (nSPS) is 16.6. The summed E-state index contributed by atoms with van der Waals surface area (Å²) in [5.74, 6) is 0.450. The molecule has 0 N–H and O–H groups in total. The van der Waals surface area contributed by atoms with Crippen molar-refractivity contribution in [1.82, 2.24) is 14.5 Å². The van der Waals surface area contributed by atoms with Gasteiger partial charge in [-0.1, -0.05) is 36.4 Å². The number of fused-ring (bicyclic) bond motifs is 1. The topological polar surface area (TPSA) is 93.4 Å².